The zero-order chi connectivity index (χ0) is 27.0. The molecule has 0 aliphatic heterocycles. The normalized spacial score (nSPS) is 15.5. The number of carboxylic acid groups (broad SMARTS) is 1. The lowest BCUT2D eigenvalue weighted by Crippen LogP contribution is -2.45. The highest BCUT2D eigenvalue weighted by Gasteiger charge is 2.36. The number of hydrogen-bond donors (Lipinski definition) is 1. The molecule has 1 aromatic carbocycles. The summed E-state index contributed by atoms with van der Waals surface area (Å²) < 4.78 is 3.48. The number of hydrogen-bond acceptors (Lipinski definition) is 6. The number of carboxylic acids is 1. The number of ether oxygens (including phenoxy) is 1. The van der Waals surface area contributed by atoms with Gasteiger partial charge in [-0.3, -0.25) is 4.90 Å². The standard InChI is InChI=1S/C27H46NO4PS3/c1-6-9-10-11-12-16-19-25(26(29)30)28(27(31)32-20-24-17-14-13-15-18-24)21-33(34,35-22(4)7-2)36-23(5)8-3/h13-15,17-18,22-23,25H,6-12,16,19-21H2,1-5H3,(H,29,30). The number of nitrogens with zero attached hydrogens (tertiary/aromatic N) is 1. The van der Waals surface area contributed by atoms with Crippen LogP contribution in [0.3, 0.4) is 0 Å². The van der Waals surface area contributed by atoms with Crippen LogP contribution in [0.2, 0.25) is 0 Å². The highest BCUT2D eigenvalue weighted by Crippen LogP contribution is 2.72. The number of carbonyl (C=O) groups is 2. The highest BCUT2D eigenvalue weighted by molar-refractivity contribution is 9.00. The van der Waals surface area contributed by atoms with Crippen LogP contribution in [-0.2, 0) is 27.9 Å². The molecule has 1 amide bonds. The van der Waals surface area contributed by atoms with Gasteiger partial charge in [-0.25, -0.2) is 9.59 Å². The van der Waals surface area contributed by atoms with Crippen molar-refractivity contribution in [3.8, 4) is 0 Å². The Hall–Kier alpha value is -0.690. The van der Waals surface area contributed by atoms with E-state index in [-0.39, 0.29) is 12.9 Å². The minimum Gasteiger partial charge on any atom is -0.480 e. The smallest absolute Gasteiger partial charge is 0.411 e. The van der Waals surface area contributed by atoms with Gasteiger partial charge in [0.25, 0.3) is 0 Å². The maximum Gasteiger partial charge on any atom is 0.411 e. The first-order valence-corrected chi connectivity index (χ1v) is 19.3. The molecule has 5 nitrogen and oxygen atoms in total. The summed E-state index contributed by atoms with van der Waals surface area (Å²) >= 11 is 9.77. The highest BCUT2D eigenvalue weighted by atomic mass is 33.2. The van der Waals surface area contributed by atoms with Crippen LogP contribution >= 0.6 is 27.2 Å². The van der Waals surface area contributed by atoms with Crippen LogP contribution in [0.1, 0.15) is 98.0 Å². The second kappa shape index (κ2) is 18.5. The van der Waals surface area contributed by atoms with Crippen molar-refractivity contribution in [3.63, 3.8) is 0 Å². The van der Waals surface area contributed by atoms with Gasteiger partial charge in [-0.2, -0.15) is 0 Å². The van der Waals surface area contributed by atoms with E-state index < -0.39 is 22.5 Å². The molecule has 36 heavy (non-hydrogen) atoms. The lowest BCUT2D eigenvalue weighted by atomic mass is 10.1. The van der Waals surface area contributed by atoms with Crippen molar-refractivity contribution in [2.45, 2.75) is 116 Å². The fourth-order valence-electron chi connectivity index (χ4n) is 3.59. The van der Waals surface area contributed by atoms with Gasteiger partial charge in [0.15, 0.2) is 0 Å². The van der Waals surface area contributed by atoms with Crippen molar-refractivity contribution in [2.75, 3.05) is 6.29 Å². The Kier molecular flexibility index (Phi) is 17.2. The largest absolute Gasteiger partial charge is 0.480 e. The number of aliphatic carboxylic acids is 1. The van der Waals surface area contributed by atoms with Crippen LogP contribution in [0, 0.1) is 0 Å². The minimum absolute atomic E-state index is 0.111. The van der Waals surface area contributed by atoms with E-state index >= 15 is 0 Å². The first-order valence-electron chi connectivity index (χ1n) is 13.3. The Labute approximate surface area is 232 Å². The number of benzene rings is 1. The van der Waals surface area contributed by atoms with E-state index in [0.29, 0.717) is 16.9 Å². The van der Waals surface area contributed by atoms with Gasteiger partial charge in [0.1, 0.15) is 12.6 Å². The first kappa shape index (κ1) is 33.3. The summed E-state index contributed by atoms with van der Waals surface area (Å²) in [5.74, 6) is -0.983. The lowest BCUT2D eigenvalue weighted by Gasteiger charge is -2.35. The van der Waals surface area contributed by atoms with Crippen LogP contribution in [0.25, 0.3) is 0 Å². The van der Waals surface area contributed by atoms with E-state index in [9.17, 15) is 14.7 Å². The Morgan fingerprint density at radius 3 is 2.06 bits per heavy atom. The van der Waals surface area contributed by atoms with Crippen molar-refractivity contribution in [3.05, 3.63) is 35.9 Å². The van der Waals surface area contributed by atoms with E-state index in [4.69, 9.17) is 16.5 Å². The Morgan fingerprint density at radius 1 is 0.972 bits per heavy atom. The molecule has 0 aliphatic rings. The second-order valence-corrected chi connectivity index (χ2v) is 21.8. The maximum atomic E-state index is 13.4. The summed E-state index contributed by atoms with van der Waals surface area (Å²) in [6, 6.07) is 8.55. The van der Waals surface area contributed by atoms with Gasteiger partial charge in [0.2, 0.25) is 0 Å². The SMILES string of the molecule is CCCCCCCCC(C(=O)O)N(CP(=S)(SC(C)CC)SC(C)CC)C(=O)OCc1ccccc1. The van der Waals surface area contributed by atoms with Gasteiger partial charge in [0, 0.05) is 10.5 Å². The molecule has 0 spiro atoms. The van der Waals surface area contributed by atoms with Crippen LogP contribution in [0.15, 0.2) is 30.3 Å². The number of rotatable bonds is 19. The second-order valence-electron chi connectivity index (χ2n) is 9.32. The number of unbranched alkanes of at least 4 members (excludes halogenated alkanes) is 5. The topological polar surface area (TPSA) is 66.8 Å². The molecular weight excluding hydrogens is 529 g/mol. The molecule has 0 fully saturated rings. The van der Waals surface area contributed by atoms with Crippen LogP contribution in [0.4, 0.5) is 4.79 Å². The molecule has 1 aromatic rings. The summed E-state index contributed by atoms with van der Waals surface area (Å²) in [6.07, 6.45) is 8.39. The molecular formula is C27H46NO4PS3. The summed E-state index contributed by atoms with van der Waals surface area (Å²) in [6.45, 7) is 10.9. The molecule has 1 N–H and O–H groups in total. The lowest BCUT2D eigenvalue weighted by molar-refractivity contribution is -0.142. The molecule has 0 radical (unpaired) electrons. The van der Waals surface area contributed by atoms with Crippen molar-refractivity contribution in [1.82, 2.24) is 4.90 Å². The van der Waals surface area contributed by atoms with Gasteiger partial charge < -0.3 is 9.84 Å². The van der Waals surface area contributed by atoms with E-state index in [0.717, 1.165) is 44.1 Å². The van der Waals surface area contributed by atoms with Crippen LogP contribution < -0.4 is 0 Å². The third kappa shape index (κ3) is 13.2. The summed E-state index contributed by atoms with van der Waals surface area (Å²) in [5.41, 5.74) is 0.871. The third-order valence-electron chi connectivity index (χ3n) is 6.09. The van der Waals surface area contributed by atoms with Gasteiger partial charge in [0.05, 0.1) is 10.7 Å². The molecule has 0 aromatic heterocycles. The van der Waals surface area contributed by atoms with E-state index in [1.165, 1.54) is 17.7 Å². The Morgan fingerprint density at radius 2 is 1.53 bits per heavy atom. The number of carbonyl (C=O) groups excluding carboxylic acids is 1. The molecule has 9 heteroatoms. The molecule has 0 saturated heterocycles. The predicted molar refractivity (Wildman–Crippen MR) is 162 cm³/mol. The quantitative estimate of drug-likeness (QED) is 0.130. The maximum absolute atomic E-state index is 13.4. The summed E-state index contributed by atoms with van der Waals surface area (Å²) in [7, 11) is 0. The average Bonchev–Trinajstić information content (AvgIpc) is 2.85. The Balaban J connectivity index is 3.14. The van der Waals surface area contributed by atoms with Crippen LogP contribution in [0.5, 0.6) is 0 Å². The van der Waals surface area contributed by atoms with Crippen LogP contribution in [-0.4, -0.2) is 44.9 Å². The zero-order valence-electron chi connectivity index (χ0n) is 22.7. The fraction of sp³-hybridized carbons (Fsp3) is 0.704. The van der Waals surface area contributed by atoms with Crippen molar-refractivity contribution < 1.29 is 19.4 Å². The van der Waals surface area contributed by atoms with Crippen molar-refractivity contribution >= 4 is 51.1 Å². The van der Waals surface area contributed by atoms with Gasteiger partial charge in [-0.05, 0) is 24.8 Å². The first-order chi connectivity index (χ1) is 17.2. The monoisotopic (exact) mass is 575 g/mol. The van der Waals surface area contributed by atoms with E-state index in [2.05, 4.69) is 34.6 Å². The molecule has 0 saturated carbocycles. The predicted octanol–water partition coefficient (Wildman–Crippen LogP) is 9.16. The van der Waals surface area contributed by atoms with Gasteiger partial charge in [-0.1, -0.05) is 115 Å². The number of amides is 1. The van der Waals surface area contributed by atoms with E-state index in [1.54, 1.807) is 22.8 Å². The molecule has 206 valence electrons. The molecule has 3 atom stereocenters. The van der Waals surface area contributed by atoms with Crippen molar-refractivity contribution in [2.24, 2.45) is 0 Å². The minimum atomic E-state index is -2.19. The Bertz CT molecular complexity index is 795. The fourth-order valence-corrected chi connectivity index (χ4v) is 17.4. The van der Waals surface area contributed by atoms with Crippen molar-refractivity contribution in [1.29, 1.82) is 0 Å². The third-order valence-corrected chi connectivity index (χ3v) is 17.0. The van der Waals surface area contributed by atoms with Gasteiger partial charge >= 0.3 is 12.1 Å². The molecule has 1 rings (SSSR count). The van der Waals surface area contributed by atoms with Gasteiger partial charge in [-0.15, -0.1) is 22.8 Å². The average molecular weight is 576 g/mol. The molecule has 0 bridgehead atoms. The summed E-state index contributed by atoms with van der Waals surface area (Å²) in [4.78, 5) is 27.3. The molecule has 0 aliphatic carbocycles. The van der Waals surface area contributed by atoms with E-state index in [1.807, 2.05) is 30.3 Å². The zero-order valence-corrected chi connectivity index (χ0v) is 26.0. The molecule has 0 heterocycles. The molecule has 3 unspecified atom stereocenters. The summed E-state index contributed by atoms with van der Waals surface area (Å²) in [5, 5.41) is 10.9.